The highest BCUT2D eigenvalue weighted by molar-refractivity contribution is 5.94. The number of likely N-dealkylation sites (tertiary alicyclic amines) is 2. The van der Waals surface area contributed by atoms with Crippen LogP contribution in [0.25, 0.3) is 21.8 Å². The zero-order valence-electron chi connectivity index (χ0n) is 21.8. The molecule has 0 amide bonds. The molecule has 3 aromatic rings. The minimum Gasteiger partial charge on any atom is -0.493 e. The molecule has 0 atom stereocenters. The molecule has 0 spiro atoms. The molecular weight excluding hydrogens is 450 g/mol. The van der Waals surface area contributed by atoms with Gasteiger partial charge < -0.3 is 23.8 Å². The molecule has 2 aliphatic rings. The second kappa shape index (κ2) is 12.1. The summed E-state index contributed by atoms with van der Waals surface area (Å²) in [5, 5.41) is 1.45. The summed E-state index contributed by atoms with van der Waals surface area (Å²) >= 11 is 0. The molecule has 6 heteroatoms. The van der Waals surface area contributed by atoms with Crippen molar-refractivity contribution < 1.29 is 9.47 Å². The zero-order chi connectivity index (χ0) is 24.7. The molecule has 0 saturated carbocycles. The van der Waals surface area contributed by atoms with Gasteiger partial charge in [-0.3, -0.25) is 4.79 Å². The summed E-state index contributed by atoms with van der Waals surface area (Å²) in [5.74, 6) is 1.64. The summed E-state index contributed by atoms with van der Waals surface area (Å²) in [6.07, 6.45) is 10.0. The number of rotatable bonds is 10. The molecular formula is C30H41N3O3. The summed E-state index contributed by atoms with van der Waals surface area (Å²) < 4.78 is 14.3. The lowest BCUT2D eigenvalue weighted by atomic mass is 10.1. The molecule has 1 aromatic heterocycles. The average Bonchev–Trinajstić information content (AvgIpc) is 2.93. The van der Waals surface area contributed by atoms with Crippen LogP contribution < -0.4 is 14.9 Å². The number of benzene rings is 2. The Balaban J connectivity index is 1.24. The topological polar surface area (TPSA) is 46.9 Å². The Morgan fingerprint density at radius 1 is 0.667 bits per heavy atom. The molecule has 3 heterocycles. The van der Waals surface area contributed by atoms with Crippen molar-refractivity contribution in [3.8, 4) is 11.5 Å². The number of hydrogen-bond acceptors (Lipinski definition) is 5. The molecule has 0 unspecified atom stereocenters. The Hall–Kier alpha value is -2.57. The summed E-state index contributed by atoms with van der Waals surface area (Å²) in [7, 11) is 2.02. The van der Waals surface area contributed by atoms with E-state index in [9.17, 15) is 4.79 Å². The average molecular weight is 492 g/mol. The maximum absolute atomic E-state index is 13.2. The van der Waals surface area contributed by atoms with E-state index in [2.05, 4.69) is 14.4 Å². The van der Waals surface area contributed by atoms with Crippen LogP contribution in [0.15, 0.2) is 41.2 Å². The van der Waals surface area contributed by atoms with Crippen LogP contribution in [0.4, 0.5) is 0 Å². The van der Waals surface area contributed by atoms with Crippen LogP contribution in [0, 0.1) is 0 Å². The molecule has 2 saturated heterocycles. The van der Waals surface area contributed by atoms with E-state index in [0.29, 0.717) is 13.2 Å². The van der Waals surface area contributed by atoms with Crippen molar-refractivity contribution in [1.29, 1.82) is 0 Å². The first-order valence-electron chi connectivity index (χ1n) is 14.0. The van der Waals surface area contributed by atoms with Gasteiger partial charge >= 0.3 is 0 Å². The number of aryl methyl sites for hydroxylation is 1. The number of hydrogen-bond donors (Lipinski definition) is 0. The third-order valence-corrected chi connectivity index (χ3v) is 7.82. The zero-order valence-corrected chi connectivity index (χ0v) is 21.8. The fourth-order valence-corrected chi connectivity index (χ4v) is 5.74. The molecule has 2 aromatic carbocycles. The molecule has 0 radical (unpaired) electrons. The van der Waals surface area contributed by atoms with Crippen molar-refractivity contribution in [2.45, 2.75) is 51.4 Å². The van der Waals surface area contributed by atoms with Crippen molar-refractivity contribution in [2.24, 2.45) is 7.05 Å². The van der Waals surface area contributed by atoms with Gasteiger partial charge in [0.25, 0.3) is 0 Å². The SMILES string of the molecule is Cn1c2cc(OCCCN3CCCCC3)ccc2c(=O)c2ccc(OCCCN3CCCCC3)cc21. The number of nitrogens with zero attached hydrogens (tertiary/aromatic N) is 3. The standard InChI is InChI=1S/C30H41N3O3/c1-31-28-22-24(35-20-8-18-32-14-4-2-5-15-32)10-12-26(28)30(34)27-13-11-25(23-29(27)31)36-21-9-19-33-16-6-3-7-17-33/h10-13,22-23H,2-9,14-21H2,1H3. The Morgan fingerprint density at radius 3 is 1.56 bits per heavy atom. The molecule has 5 rings (SSSR count). The van der Waals surface area contributed by atoms with Gasteiger partial charge in [-0.15, -0.1) is 0 Å². The van der Waals surface area contributed by atoms with E-state index in [1.165, 1.54) is 64.7 Å². The molecule has 0 N–H and O–H groups in total. The molecule has 6 nitrogen and oxygen atoms in total. The second-order valence-corrected chi connectivity index (χ2v) is 10.5. The predicted octanol–water partition coefficient (Wildman–Crippen LogP) is 5.20. The maximum Gasteiger partial charge on any atom is 0.197 e. The van der Waals surface area contributed by atoms with Gasteiger partial charge in [0.05, 0.1) is 24.2 Å². The van der Waals surface area contributed by atoms with Crippen LogP contribution >= 0.6 is 0 Å². The molecule has 0 aliphatic carbocycles. The summed E-state index contributed by atoms with van der Waals surface area (Å²) in [5.41, 5.74) is 1.85. The molecule has 2 fully saturated rings. The number of fused-ring (bicyclic) bond motifs is 2. The fourth-order valence-electron chi connectivity index (χ4n) is 5.74. The highest BCUT2D eigenvalue weighted by Gasteiger charge is 2.13. The maximum atomic E-state index is 13.2. The van der Waals surface area contributed by atoms with Crippen molar-refractivity contribution in [3.05, 3.63) is 46.6 Å². The first-order chi connectivity index (χ1) is 17.7. The van der Waals surface area contributed by atoms with E-state index in [1.54, 1.807) is 0 Å². The van der Waals surface area contributed by atoms with E-state index >= 15 is 0 Å². The van der Waals surface area contributed by atoms with E-state index in [1.807, 2.05) is 43.4 Å². The van der Waals surface area contributed by atoms with E-state index < -0.39 is 0 Å². The minimum absolute atomic E-state index is 0.0615. The van der Waals surface area contributed by atoms with Gasteiger partial charge in [-0.1, -0.05) is 12.8 Å². The van der Waals surface area contributed by atoms with Crippen molar-refractivity contribution in [2.75, 3.05) is 52.5 Å². The van der Waals surface area contributed by atoms with Crippen LogP contribution in [-0.2, 0) is 7.05 Å². The summed E-state index contributed by atoms with van der Waals surface area (Å²) in [4.78, 5) is 18.3. The lowest BCUT2D eigenvalue weighted by molar-refractivity contribution is 0.205. The van der Waals surface area contributed by atoms with Crippen LogP contribution in [-0.4, -0.2) is 66.8 Å². The predicted molar refractivity (Wildman–Crippen MR) is 148 cm³/mol. The third-order valence-electron chi connectivity index (χ3n) is 7.82. The first-order valence-corrected chi connectivity index (χ1v) is 14.0. The fraction of sp³-hybridized carbons (Fsp3) is 0.567. The quantitative estimate of drug-likeness (QED) is 0.288. The van der Waals surface area contributed by atoms with Crippen molar-refractivity contribution in [1.82, 2.24) is 14.4 Å². The lowest BCUT2D eigenvalue weighted by Gasteiger charge is -2.26. The van der Waals surface area contributed by atoms with E-state index in [0.717, 1.165) is 59.2 Å². The van der Waals surface area contributed by atoms with Gasteiger partial charge in [0.1, 0.15) is 11.5 Å². The van der Waals surface area contributed by atoms with Gasteiger partial charge in [0.2, 0.25) is 0 Å². The van der Waals surface area contributed by atoms with Crippen LogP contribution in [0.5, 0.6) is 11.5 Å². The van der Waals surface area contributed by atoms with Crippen molar-refractivity contribution >= 4 is 21.8 Å². The number of pyridine rings is 1. The Kier molecular flexibility index (Phi) is 8.44. The highest BCUT2D eigenvalue weighted by atomic mass is 16.5. The van der Waals surface area contributed by atoms with Gasteiger partial charge in [-0.05, 0) is 89.0 Å². The van der Waals surface area contributed by atoms with Crippen LogP contribution in [0.1, 0.15) is 51.4 Å². The van der Waals surface area contributed by atoms with E-state index in [-0.39, 0.29) is 5.43 Å². The van der Waals surface area contributed by atoms with E-state index in [4.69, 9.17) is 9.47 Å². The highest BCUT2D eigenvalue weighted by Crippen LogP contribution is 2.25. The van der Waals surface area contributed by atoms with Crippen LogP contribution in [0.2, 0.25) is 0 Å². The Labute approximate surface area is 214 Å². The summed E-state index contributed by atoms with van der Waals surface area (Å²) in [6, 6.07) is 11.7. The van der Waals surface area contributed by atoms with Gasteiger partial charge in [-0.2, -0.15) is 0 Å². The van der Waals surface area contributed by atoms with Crippen molar-refractivity contribution in [3.63, 3.8) is 0 Å². The lowest BCUT2D eigenvalue weighted by Crippen LogP contribution is -2.31. The molecule has 2 aliphatic heterocycles. The largest absolute Gasteiger partial charge is 0.493 e. The number of piperidine rings is 2. The normalized spacial score (nSPS) is 17.6. The minimum atomic E-state index is 0.0615. The third kappa shape index (κ3) is 6.04. The monoisotopic (exact) mass is 491 g/mol. The first kappa shape index (κ1) is 25.1. The van der Waals surface area contributed by atoms with Crippen LogP contribution in [0.3, 0.4) is 0 Å². The van der Waals surface area contributed by atoms with Gasteiger partial charge in [0.15, 0.2) is 5.43 Å². The Morgan fingerprint density at radius 2 is 1.11 bits per heavy atom. The second-order valence-electron chi connectivity index (χ2n) is 10.5. The molecule has 36 heavy (non-hydrogen) atoms. The van der Waals surface area contributed by atoms with Gasteiger partial charge in [-0.25, -0.2) is 0 Å². The smallest absolute Gasteiger partial charge is 0.197 e. The number of ether oxygens (including phenoxy) is 2. The molecule has 0 bridgehead atoms. The van der Waals surface area contributed by atoms with Gasteiger partial charge in [0, 0.05) is 43.0 Å². The Bertz CT molecular complexity index is 1120. The number of aromatic nitrogens is 1. The molecule has 194 valence electrons. The summed E-state index contributed by atoms with van der Waals surface area (Å²) in [6.45, 7) is 8.45.